The Morgan fingerprint density at radius 2 is 2.10 bits per heavy atom. The van der Waals surface area contributed by atoms with Crippen molar-refractivity contribution >= 4 is 23.5 Å². The summed E-state index contributed by atoms with van der Waals surface area (Å²) in [5.41, 5.74) is 0. The molecule has 0 aromatic carbocycles. The minimum Gasteiger partial charge on any atom is -0.159 e. The van der Waals surface area contributed by atoms with Crippen LogP contribution >= 0.6 is 23.5 Å². The van der Waals surface area contributed by atoms with Gasteiger partial charge in [-0.1, -0.05) is 19.9 Å². The highest BCUT2D eigenvalue weighted by atomic mass is 32.2. The fourth-order valence-electron chi connectivity index (χ4n) is 0.536. The molecule has 10 heavy (non-hydrogen) atoms. The standard InChI is InChI=1S/C8H16S2/c1-8(2)10-7-5-4-6-9-3/h4,6,8H,5,7H2,1-3H3/b6-4-. The van der Waals surface area contributed by atoms with E-state index in [1.54, 1.807) is 11.8 Å². The highest BCUT2D eigenvalue weighted by Crippen LogP contribution is 2.10. The van der Waals surface area contributed by atoms with Gasteiger partial charge in [-0.25, -0.2) is 0 Å². The van der Waals surface area contributed by atoms with E-state index in [-0.39, 0.29) is 0 Å². The molecule has 0 bridgehead atoms. The van der Waals surface area contributed by atoms with Gasteiger partial charge >= 0.3 is 0 Å². The predicted octanol–water partition coefficient (Wildman–Crippen LogP) is 3.39. The molecule has 0 aromatic rings. The average molecular weight is 176 g/mol. The molecular formula is C8H16S2. The van der Waals surface area contributed by atoms with E-state index < -0.39 is 0 Å². The molecule has 0 unspecified atom stereocenters. The van der Waals surface area contributed by atoms with Crippen molar-refractivity contribution in [3.8, 4) is 0 Å². The van der Waals surface area contributed by atoms with Gasteiger partial charge in [0.1, 0.15) is 0 Å². The Labute approximate surface area is 72.9 Å². The average Bonchev–Trinajstić information content (AvgIpc) is 1.87. The summed E-state index contributed by atoms with van der Waals surface area (Å²) in [4.78, 5) is 0. The van der Waals surface area contributed by atoms with E-state index in [0.717, 1.165) is 5.25 Å². The lowest BCUT2D eigenvalue weighted by Gasteiger charge is -2.00. The van der Waals surface area contributed by atoms with Crippen LogP contribution in [0, 0.1) is 0 Å². The van der Waals surface area contributed by atoms with E-state index in [4.69, 9.17) is 0 Å². The van der Waals surface area contributed by atoms with Crippen molar-refractivity contribution in [1.29, 1.82) is 0 Å². The summed E-state index contributed by atoms with van der Waals surface area (Å²) in [6.45, 7) is 4.48. The Balaban J connectivity index is 2.97. The molecule has 0 fully saturated rings. The van der Waals surface area contributed by atoms with Gasteiger partial charge in [-0.3, -0.25) is 0 Å². The molecule has 0 spiro atoms. The van der Waals surface area contributed by atoms with E-state index in [2.05, 4.69) is 31.6 Å². The maximum absolute atomic E-state index is 2.24. The third kappa shape index (κ3) is 8.44. The number of allylic oxidation sites excluding steroid dienone is 1. The van der Waals surface area contributed by atoms with Crippen molar-refractivity contribution < 1.29 is 0 Å². The van der Waals surface area contributed by atoms with Gasteiger partial charge in [0.15, 0.2) is 0 Å². The molecule has 0 N–H and O–H groups in total. The van der Waals surface area contributed by atoms with E-state index in [1.807, 2.05) is 11.8 Å². The molecule has 0 radical (unpaired) electrons. The highest BCUT2D eigenvalue weighted by Gasteiger charge is 1.90. The second-order valence-electron chi connectivity index (χ2n) is 2.32. The molecule has 0 aromatic heterocycles. The first-order valence-corrected chi connectivity index (χ1v) is 5.90. The van der Waals surface area contributed by atoms with Crippen LogP contribution in [0.3, 0.4) is 0 Å². The van der Waals surface area contributed by atoms with Crippen molar-refractivity contribution in [2.24, 2.45) is 0 Å². The zero-order valence-electron chi connectivity index (χ0n) is 6.96. The van der Waals surface area contributed by atoms with Crippen LogP contribution in [0.25, 0.3) is 0 Å². The molecule has 60 valence electrons. The Hall–Kier alpha value is 0.440. The topological polar surface area (TPSA) is 0 Å². The van der Waals surface area contributed by atoms with Gasteiger partial charge in [0.2, 0.25) is 0 Å². The quantitative estimate of drug-likeness (QED) is 0.589. The lowest BCUT2D eigenvalue weighted by molar-refractivity contribution is 1.10. The summed E-state index contributed by atoms with van der Waals surface area (Å²) in [5, 5.41) is 2.93. The van der Waals surface area contributed by atoms with Crippen LogP contribution in [0.2, 0.25) is 0 Å². The van der Waals surface area contributed by atoms with E-state index in [9.17, 15) is 0 Å². The molecule has 0 atom stereocenters. The summed E-state index contributed by atoms with van der Waals surface area (Å²) in [6.07, 6.45) is 5.54. The van der Waals surface area contributed by atoms with Crippen molar-refractivity contribution in [2.75, 3.05) is 12.0 Å². The van der Waals surface area contributed by atoms with Gasteiger partial charge in [0.25, 0.3) is 0 Å². The van der Waals surface area contributed by atoms with Crippen molar-refractivity contribution in [3.63, 3.8) is 0 Å². The van der Waals surface area contributed by atoms with Crippen LogP contribution in [0.5, 0.6) is 0 Å². The smallest absolute Gasteiger partial charge is 0.000957 e. The Kier molecular flexibility index (Phi) is 7.88. The second kappa shape index (κ2) is 7.55. The molecule has 0 aliphatic rings. The molecule has 0 heterocycles. The summed E-state index contributed by atoms with van der Waals surface area (Å²) < 4.78 is 0. The number of hydrogen-bond donors (Lipinski definition) is 0. The molecule has 0 aliphatic carbocycles. The molecule has 0 amide bonds. The van der Waals surface area contributed by atoms with Gasteiger partial charge in [-0.05, 0) is 29.1 Å². The molecule has 0 nitrogen and oxygen atoms in total. The van der Waals surface area contributed by atoms with Crippen LogP contribution in [-0.2, 0) is 0 Å². The minimum atomic E-state index is 0.780. The van der Waals surface area contributed by atoms with Gasteiger partial charge in [0, 0.05) is 0 Å². The molecule has 0 rings (SSSR count). The summed E-state index contributed by atoms with van der Waals surface area (Å²) in [5.74, 6) is 1.26. The first-order chi connectivity index (χ1) is 4.77. The third-order valence-corrected chi connectivity index (χ3v) is 2.57. The van der Waals surface area contributed by atoms with Gasteiger partial charge in [0.05, 0.1) is 0 Å². The van der Waals surface area contributed by atoms with E-state index >= 15 is 0 Å². The molecule has 2 heteroatoms. The highest BCUT2D eigenvalue weighted by molar-refractivity contribution is 8.01. The normalized spacial score (nSPS) is 11.6. The molecular weight excluding hydrogens is 160 g/mol. The zero-order chi connectivity index (χ0) is 7.82. The molecule has 0 aliphatic heterocycles. The SMILES string of the molecule is CS/C=C\CCSC(C)C. The Bertz CT molecular complexity index is 87.3. The molecule has 0 saturated heterocycles. The Morgan fingerprint density at radius 1 is 1.40 bits per heavy atom. The summed E-state index contributed by atoms with van der Waals surface area (Å²) in [7, 11) is 0. The number of thioether (sulfide) groups is 2. The Morgan fingerprint density at radius 3 is 2.60 bits per heavy atom. The first kappa shape index (κ1) is 10.4. The maximum atomic E-state index is 2.24. The third-order valence-electron chi connectivity index (χ3n) is 0.968. The fourth-order valence-corrected chi connectivity index (χ4v) is 1.61. The fraction of sp³-hybridized carbons (Fsp3) is 0.750. The van der Waals surface area contributed by atoms with Crippen LogP contribution in [0.15, 0.2) is 11.5 Å². The van der Waals surface area contributed by atoms with E-state index in [1.165, 1.54) is 12.2 Å². The van der Waals surface area contributed by atoms with E-state index in [0.29, 0.717) is 0 Å². The van der Waals surface area contributed by atoms with Crippen molar-refractivity contribution in [3.05, 3.63) is 11.5 Å². The minimum absolute atomic E-state index is 0.780. The summed E-state index contributed by atoms with van der Waals surface area (Å²) >= 11 is 3.79. The largest absolute Gasteiger partial charge is 0.159 e. The van der Waals surface area contributed by atoms with Crippen LogP contribution in [-0.4, -0.2) is 17.3 Å². The van der Waals surface area contributed by atoms with Crippen LogP contribution in [0.1, 0.15) is 20.3 Å². The zero-order valence-corrected chi connectivity index (χ0v) is 8.60. The lowest BCUT2D eigenvalue weighted by Crippen LogP contribution is -1.87. The van der Waals surface area contributed by atoms with Crippen molar-refractivity contribution in [2.45, 2.75) is 25.5 Å². The summed E-state index contributed by atoms with van der Waals surface area (Å²) in [6, 6.07) is 0. The van der Waals surface area contributed by atoms with Crippen LogP contribution < -0.4 is 0 Å². The van der Waals surface area contributed by atoms with Crippen LogP contribution in [0.4, 0.5) is 0 Å². The molecule has 0 saturated carbocycles. The van der Waals surface area contributed by atoms with Gasteiger partial charge < -0.3 is 0 Å². The van der Waals surface area contributed by atoms with Gasteiger partial charge in [-0.15, -0.1) is 11.8 Å². The second-order valence-corrected chi connectivity index (χ2v) is 4.74. The predicted molar refractivity (Wildman–Crippen MR) is 54.9 cm³/mol. The monoisotopic (exact) mass is 176 g/mol. The number of rotatable bonds is 5. The maximum Gasteiger partial charge on any atom is -0.000957 e. The number of hydrogen-bond acceptors (Lipinski definition) is 2. The first-order valence-electron chi connectivity index (χ1n) is 3.56. The van der Waals surface area contributed by atoms with Gasteiger partial charge in [-0.2, -0.15) is 11.8 Å². The lowest BCUT2D eigenvalue weighted by atomic mass is 10.5. The van der Waals surface area contributed by atoms with Crippen molar-refractivity contribution in [1.82, 2.24) is 0 Å².